The lowest BCUT2D eigenvalue weighted by atomic mass is 10.2. The standard InChI is InChI=1S/C6H11FS/c1-2-6(7)4-3-5-8-6/h2-5H2,1H3. The highest BCUT2D eigenvalue weighted by Gasteiger charge is 2.31. The molecular formula is C6H11FS. The Labute approximate surface area is 53.8 Å². The Balaban J connectivity index is 2.40. The lowest BCUT2D eigenvalue weighted by Gasteiger charge is -2.13. The third-order valence-electron chi connectivity index (χ3n) is 1.58. The molecule has 1 heterocycles. The van der Waals surface area contributed by atoms with Crippen LogP contribution in [0.1, 0.15) is 26.2 Å². The van der Waals surface area contributed by atoms with Gasteiger partial charge in [0.15, 0.2) is 5.00 Å². The summed E-state index contributed by atoms with van der Waals surface area (Å²) in [5.74, 6) is 1.02. The van der Waals surface area contributed by atoms with Gasteiger partial charge >= 0.3 is 0 Å². The first-order valence-corrected chi connectivity index (χ1v) is 4.08. The SMILES string of the molecule is CCC1(F)CCCS1. The van der Waals surface area contributed by atoms with E-state index in [1.54, 1.807) is 0 Å². The predicted molar refractivity (Wildman–Crippen MR) is 35.8 cm³/mol. The molecule has 0 aromatic carbocycles. The van der Waals surface area contributed by atoms with E-state index in [9.17, 15) is 4.39 Å². The zero-order valence-corrected chi connectivity index (χ0v) is 5.93. The highest BCUT2D eigenvalue weighted by atomic mass is 32.2. The van der Waals surface area contributed by atoms with E-state index >= 15 is 0 Å². The van der Waals surface area contributed by atoms with Crippen molar-refractivity contribution < 1.29 is 4.39 Å². The summed E-state index contributed by atoms with van der Waals surface area (Å²) in [7, 11) is 0. The monoisotopic (exact) mass is 134 g/mol. The largest absolute Gasteiger partial charge is 0.232 e. The van der Waals surface area contributed by atoms with E-state index in [1.165, 1.54) is 11.8 Å². The van der Waals surface area contributed by atoms with Crippen molar-refractivity contribution in [2.45, 2.75) is 31.2 Å². The third-order valence-corrected chi connectivity index (χ3v) is 3.09. The van der Waals surface area contributed by atoms with Crippen LogP contribution in [0.5, 0.6) is 0 Å². The minimum atomic E-state index is -0.847. The van der Waals surface area contributed by atoms with Gasteiger partial charge in [-0.25, -0.2) is 4.39 Å². The molecular weight excluding hydrogens is 123 g/mol. The lowest BCUT2D eigenvalue weighted by Crippen LogP contribution is -2.09. The summed E-state index contributed by atoms with van der Waals surface area (Å²) in [4.78, 5) is 0. The summed E-state index contributed by atoms with van der Waals surface area (Å²) in [6.45, 7) is 1.92. The second-order valence-corrected chi connectivity index (χ2v) is 3.62. The van der Waals surface area contributed by atoms with Crippen molar-refractivity contribution >= 4 is 11.8 Å². The summed E-state index contributed by atoms with van der Waals surface area (Å²) in [5.41, 5.74) is 0. The van der Waals surface area contributed by atoms with Crippen LogP contribution in [0, 0.1) is 0 Å². The second-order valence-electron chi connectivity index (χ2n) is 2.19. The fourth-order valence-electron chi connectivity index (χ4n) is 0.942. The average molecular weight is 134 g/mol. The minimum Gasteiger partial charge on any atom is -0.232 e. The molecule has 1 unspecified atom stereocenters. The first-order chi connectivity index (χ1) is 3.77. The van der Waals surface area contributed by atoms with Gasteiger partial charge in [0.25, 0.3) is 0 Å². The van der Waals surface area contributed by atoms with E-state index in [4.69, 9.17) is 0 Å². The number of hydrogen-bond acceptors (Lipinski definition) is 1. The molecule has 0 nitrogen and oxygen atoms in total. The second kappa shape index (κ2) is 2.26. The van der Waals surface area contributed by atoms with Crippen LogP contribution in [0.15, 0.2) is 0 Å². The van der Waals surface area contributed by atoms with Gasteiger partial charge in [0.1, 0.15) is 0 Å². The van der Waals surface area contributed by atoms with Gasteiger partial charge in [0.2, 0.25) is 0 Å². The van der Waals surface area contributed by atoms with E-state index in [2.05, 4.69) is 0 Å². The molecule has 1 aliphatic heterocycles. The molecule has 0 saturated carbocycles. The van der Waals surface area contributed by atoms with Crippen molar-refractivity contribution in [3.8, 4) is 0 Å². The minimum absolute atomic E-state index is 0.678. The Hall–Kier alpha value is 0.280. The fourth-order valence-corrected chi connectivity index (χ4v) is 2.09. The van der Waals surface area contributed by atoms with Crippen LogP contribution in [0.4, 0.5) is 4.39 Å². The topological polar surface area (TPSA) is 0 Å². The van der Waals surface area contributed by atoms with E-state index < -0.39 is 5.00 Å². The maximum Gasteiger partial charge on any atom is 0.156 e. The molecule has 1 rings (SSSR count). The van der Waals surface area contributed by atoms with Gasteiger partial charge in [-0.3, -0.25) is 0 Å². The van der Waals surface area contributed by atoms with Crippen molar-refractivity contribution in [3.63, 3.8) is 0 Å². The van der Waals surface area contributed by atoms with Crippen molar-refractivity contribution in [1.82, 2.24) is 0 Å². The Kier molecular flexibility index (Phi) is 1.81. The van der Waals surface area contributed by atoms with Gasteiger partial charge in [0.05, 0.1) is 0 Å². The Bertz CT molecular complexity index is 76.6. The van der Waals surface area contributed by atoms with E-state index in [0.717, 1.165) is 18.6 Å². The molecule has 0 N–H and O–H groups in total. The summed E-state index contributed by atoms with van der Waals surface area (Å²) in [6.07, 6.45) is 2.51. The van der Waals surface area contributed by atoms with Gasteiger partial charge in [-0.05, 0) is 25.0 Å². The van der Waals surface area contributed by atoms with Gasteiger partial charge in [-0.1, -0.05) is 6.92 Å². The van der Waals surface area contributed by atoms with Crippen molar-refractivity contribution in [1.29, 1.82) is 0 Å². The molecule has 0 radical (unpaired) electrons. The van der Waals surface area contributed by atoms with Gasteiger partial charge in [-0.15, -0.1) is 11.8 Å². The first kappa shape index (κ1) is 6.40. The van der Waals surface area contributed by atoms with Gasteiger partial charge in [-0.2, -0.15) is 0 Å². The van der Waals surface area contributed by atoms with Crippen LogP contribution >= 0.6 is 11.8 Å². The zero-order chi connectivity index (χ0) is 6.04. The van der Waals surface area contributed by atoms with Gasteiger partial charge < -0.3 is 0 Å². The predicted octanol–water partition coefficient (Wildman–Crippen LogP) is 2.59. The molecule has 1 aliphatic rings. The molecule has 48 valence electrons. The van der Waals surface area contributed by atoms with Crippen LogP contribution in [-0.4, -0.2) is 10.8 Å². The molecule has 2 heteroatoms. The molecule has 0 amide bonds. The number of hydrogen-bond donors (Lipinski definition) is 0. The van der Waals surface area contributed by atoms with Crippen LogP contribution in [0.3, 0.4) is 0 Å². The summed E-state index contributed by atoms with van der Waals surface area (Å²) in [5, 5.41) is -0.847. The highest BCUT2D eigenvalue weighted by Crippen LogP contribution is 2.41. The third kappa shape index (κ3) is 1.16. The number of halogens is 1. The highest BCUT2D eigenvalue weighted by molar-refractivity contribution is 8.00. The zero-order valence-electron chi connectivity index (χ0n) is 5.11. The normalized spacial score (nSPS) is 38.2. The van der Waals surface area contributed by atoms with Crippen molar-refractivity contribution in [3.05, 3.63) is 0 Å². The van der Waals surface area contributed by atoms with E-state index in [1.807, 2.05) is 6.92 Å². The molecule has 1 atom stereocenters. The fraction of sp³-hybridized carbons (Fsp3) is 1.00. The van der Waals surface area contributed by atoms with E-state index in [-0.39, 0.29) is 0 Å². The Morgan fingerprint density at radius 3 is 2.75 bits per heavy atom. The maximum absolute atomic E-state index is 13.0. The van der Waals surface area contributed by atoms with Crippen LogP contribution in [-0.2, 0) is 0 Å². The number of rotatable bonds is 1. The molecule has 0 spiro atoms. The van der Waals surface area contributed by atoms with Crippen molar-refractivity contribution in [2.24, 2.45) is 0 Å². The van der Waals surface area contributed by atoms with Crippen LogP contribution in [0.25, 0.3) is 0 Å². The summed E-state index contributed by atoms with van der Waals surface area (Å²) >= 11 is 1.48. The Morgan fingerprint density at radius 1 is 1.75 bits per heavy atom. The Morgan fingerprint density at radius 2 is 2.50 bits per heavy atom. The van der Waals surface area contributed by atoms with Crippen molar-refractivity contribution in [2.75, 3.05) is 5.75 Å². The van der Waals surface area contributed by atoms with Crippen LogP contribution < -0.4 is 0 Å². The number of thioether (sulfide) groups is 1. The van der Waals surface area contributed by atoms with Gasteiger partial charge in [0, 0.05) is 0 Å². The molecule has 0 aromatic heterocycles. The molecule has 8 heavy (non-hydrogen) atoms. The quantitative estimate of drug-likeness (QED) is 0.531. The maximum atomic E-state index is 13.0. The summed E-state index contributed by atoms with van der Waals surface area (Å²) in [6, 6.07) is 0. The first-order valence-electron chi connectivity index (χ1n) is 3.10. The van der Waals surface area contributed by atoms with Crippen LogP contribution in [0.2, 0.25) is 0 Å². The molecule has 1 saturated heterocycles. The molecule has 1 fully saturated rings. The molecule has 0 bridgehead atoms. The number of alkyl halides is 1. The van der Waals surface area contributed by atoms with E-state index in [0.29, 0.717) is 6.42 Å². The molecule has 0 aromatic rings. The average Bonchev–Trinajstić information content (AvgIpc) is 2.17. The lowest BCUT2D eigenvalue weighted by molar-refractivity contribution is 0.272. The summed E-state index contributed by atoms with van der Waals surface area (Å²) < 4.78 is 13.0. The smallest absolute Gasteiger partial charge is 0.156 e. The molecule has 0 aliphatic carbocycles.